The van der Waals surface area contributed by atoms with Crippen LogP contribution in [0, 0.1) is 0 Å². The van der Waals surface area contributed by atoms with Crippen LogP contribution >= 0.6 is 0 Å². The Bertz CT molecular complexity index is 612. The number of fused-ring (bicyclic) bond motifs is 1. The number of likely N-dealkylation sites (N-methyl/N-ethyl adjacent to an activating group) is 1. The molecule has 1 N–H and O–H groups in total. The lowest BCUT2D eigenvalue weighted by Gasteiger charge is -2.30. The number of benzene rings is 1. The first kappa shape index (κ1) is 13.8. The highest BCUT2D eigenvalue weighted by Gasteiger charge is 2.28. The Kier molecular flexibility index (Phi) is 3.51. The van der Waals surface area contributed by atoms with E-state index in [0.29, 0.717) is 11.4 Å². The van der Waals surface area contributed by atoms with Gasteiger partial charge in [-0.25, -0.2) is 13.1 Å². The standard InChI is InChI=1S/C12H16N2O4S/c1-8-12(15)14(2)10-6-9(4-5-11(10)18-8)7-13-19(3,16)17/h4-6,8,13H,7H2,1-3H3. The van der Waals surface area contributed by atoms with Crippen molar-refractivity contribution < 1.29 is 17.9 Å². The average Bonchev–Trinajstić information content (AvgIpc) is 2.33. The third-order valence-electron chi connectivity index (χ3n) is 2.91. The Morgan fingerprint density at radius 2 is 2.11 bits per heavy atom. The number of hydrogen-bond acceptors (Lipinski definition) is 4. The third kappa shape index (κ3) is 3.05. The number of rotatable bonds is 3. The molecular formula is C12H16N2O4S. The van der Waals surface area contributed by atoms with Crippen LogP contribution in [0.2, 0.25) is 0 Å². The molecule has 1 amide bonds. The molecular weight excluding hydrogens is 268 g/mol. The van der Waals surface area contributed by atoms with Crippen molar-refractivity contribution in [2.45, 2.75) is 19.6 Å². The van der Waals surface area contributed by atoms with Crippen molar-refractivity contribution in [2.75, 3.05) is 18.2 Å². The summed E-state index contributed by atoms with van der Waals surface area (Å²) in [6.45, 7) is 1.88. The molecule has 1 atom stereocenters. The minimum atomic E-state index is -3.24. The molecule has 0 saturated heterocycles. The predicted octanol–water partition coefficient (Wildman–Crippen LogP) is 0.480. The van der Waals surface area contributed by atoms with Gasteiger partial charge in [-0.3, -0.25) is 4.79 Å². The fourth-order valence-corrected chi connectivity index (χ4v) is 2.31. The van der Waals surface area contributed by atoms with Crippen molar-refractivity contribution in [1.82, 2.24) is 4.72 Å². The fraction of sp³-hybridized carbons (Fsp3) is 0.417. The van der Waals surface area contributed by atoms with E-state index in [4.69, 9.17) is 4.74 Å². The zero-order valence-electron chi connectivity index (χ0n) is 11.0. The van der Waals surface area contributed by atoms with Crippen LogP contribution in [0.15, 0.2) is 18.2 Å². The summed E-state index contributed by atoms with van der Waals surface area (Å²) in [6.07, 6.45) is 0.601. The maximum atomic E-state index is 11.8. The van der Waals surface area contributed by atoms with Gasteiger partial charge in [-0.1, -0.05) is 6.07 Å². The highest BCUT2D eigenvalue weighted by molar-refractivity contribution is 7.88. The lowest BCUT2D eigenvalue weighted by molar-refractivity contribution is -0.125. The summed E-state index contributed by atoms with van der Waals surface area (Å²) in [5.74, 6) is 0.499. The number of hydrogen-bond donors (Lipinski definition) is 1. The summed E-state index contributed by atoms with van der Waals surface area (Å²) in [4.78, 5) is 13.3. The van der Waals surface area contributed by atoms with Crippen LogP contribution in [0.5, 0.6) is 5.75 Å². The van der Waals surface area contributed by atoms with Gasteiger partial charge in [-0.15, -0.1) is 0 Å². The van der Waals surface area contributed by atoms with Gasteiger partial charge in [-0.2, -0.15) is 0 Å². The van der Waals surface area contributed by atoms with Gasteiger partial charge in [0.05, 0.1) is 11.9 Å². The van der Waals surface area contributed by atoms with Crippen LogP contribution in [0.4, 0.5) is 5.69 Å². The van der Waals surface area contributed by atoms with Gasteiger partial charge in [-0.05, 0) is 24.6 Å². The quantitative estimate of drug-likeness (QED) is 0.876. The molecule has 1 aromatic rings. The molecule has 2 rings (SSSR count). The van der Waals surface area contributed by atoms with Gasteiger partial charge in [0, 0.05) is 13.6 Å². The minimum absolute atomic E-state index is 0.124. The minimum Gasteiger partial charge on any atom is -0.479 e. The third-order valence-corrected chi connectivity index (χ3v) is 3.57. The first-order chi connectivity index (χ1) is 8.78. The van der Waals surface area contributed by atoms with E-state index in [0.717, 1.165) is 11.8 Å². The summed E-state index contributed by atoms with van der Waals surface area (Å²) in [5.41, 5.74) is 1.41. The van der Waals surface area contributed by atoms with E-state index in [-0.39, 0.29) is 12.5 Å². The molecule has 1 heterocycles. The Hall–Kier alpha value is -1.60. The van der Waals surface area contributed by atoms with Crippen molar-refractivity contribution in [1.29, 1.82) is 0 Å². The molecule has 1 aliphatic rings. The number of anilines is 1. The highest BCUT2D eigenvalue weighted by Crippen LogP contribution is 2.33. The van der Waals surface area contributed by atoms with Crippen LogP contribution in [-0.2, 0) is 21.4 Å². The molecule has 7 heteroatoms. The lowest BCUT2D eigenvalue weighted by Crippen LogP contribution is -2.42. The summed E-state index contributed by atoms with van der Waals surface area (Å²) >= 11 is 0. The van der Waals surface area contributed by atoms with E-state index < -0.39 is 16.1 Å². The number of nitrogens with one attached hydrogen (secondary N) is 1. The van der Waals surface area contributed by atoms with Crippen LogP contribution in [0.1, 0.15) is 12.5 Å². The molecule has 6 nitrogen and oxygen atoms in total. The van der Waals surface area contributed by atoms with E-state index in [1.165, 1.54) is 4.90 Å². The van der Waals surface area contributed by atoms with Gasteiger partial charge >= 0.3 is 0 Å². The topological polar surface area (TPSA) is 75.7 Å². The summed E-state index contributed by atoms with van der Waals surface area (Å²) in [5, 5.41) is 0. The maximum Gasteiger partial charge on any atom is 0.267 e. The van der Waals surface area contributed by atoms with Crippen molar-refractivity contribution >= 4 is 21.6 Å². The predicted molar refractivity (Wildman–Crippen MR) is 71.6 cm³/mol. The first-order valence-corrected chi connectivity index (χ1v) is 7.69. The van der Waals surface area contributed by atoms with Crippen LogP contribution < -0.4 is 14.4 Å². The molecule has 1 aromatic carbocycles. The summed E-state index contributed by atoms with van der Waals surface area (Å²) in [7, 11) is -1.56. The van der Waals surface area contributed by atoms with Gasteiger partial charge in [0.15, 0.2) is 6.10 Å². The molecule has 104 valence electrons. The zero-order chi connectivity index (χ0) is 14.2. The molecule has 0 aliphatic carbocycles. The lowest BCUT2D eigenvalue weighted by atomic mass is 10.1. The number of ether oxygens (including phenoxy) is 1. The monoisotopic (exact) mass is 284 g/mol. The van der Waals surface area contributed by atoms with Crippen molar-refractivity contribution in [3.63, 3.8) is 0 Å². The van der Waals surface area contributed by atoms with Crippen LogP contribution in [0.3, 0.4) is 0 Å². The normalized spacial score (nSPS) is 19.0. The Morgan fingerprint density at radius 3 is 2.74 bits per heavy atom. The highest BCUT2D eigenvalue weighted by atomic mass is 32.2. The summed E-state index contributed by atoms with van der Waals surface area (Å²) in [6, 6.07) is 5.26. The molecule has 0 saturated carbocycles. The fourth-order valence-electron chi connectivity index (χ4n) is 1.88. The largest absolute Gasteiger partial charge is 0.479 e. The van der Waals surface area contributed by atoms with Crippen LogP contribution in [-0.4, -0.2) is 33.7 Å². The molecule has 0 fully saturated rings. The van der Waals surface area contributed by atoms with Crippen molar-refractivity contribution in [3.8, 4) is 5.75 Å². The van der Waals surface area contributed by atoms with E-state index in [1.54, 1.807) is 32.2 Å². The SMILES string of the molecule is CC1Oc2ccc(CNS(C)(=O)=O)cc2N(C)C1=O. The zero-order valence-corrected chi connectivity index (χ0v) is 11.8. The molecule has 0 radical (unpaired) electrons. The number of sulfonamides is 1. The maximum absolute atomic E-state index is 11.8. The van der Waals surface area contributed by atoms with Gasteiger partial charge < -0.3 is 9.64 Å². The number of amides is 1. The second kappa shape index (κ2) is 4.82. The molecule has 1 aliphatic heterocycles. The molecule has 0 aromatic heterocycles. The molecule has 19 heavy (non-hydrogen) atoms. The second-order valence-corrected chi connectivity index (χ2v) is 6.39. The Balaban J connectivity index is 2.26. The second-order valence-electron chi connectivity index (χ2n) is 4.55. The van der Waals surface area contributed by atoms with Crippen LogP contribution in [0.25, 0.3) is 0 Å². The van der Waals surface area contributed by atoms with E-state index in [2.05, 4.69) is 4.72 Å². The number of carbonyl (C=O) groups is 1. The van der Waals surface area contributed by atoms with Gasteiger partial charge in [0.1, 0.15) is 5.75 Å². The van der Waals surface area contributed by atoms with Gasteiger partial charge in [0.2, 0.25) is 10.0 Å². The van der Waals surface area contributed by atoms with Gasteiger partial charge in [0.25, 0.3) is 5.91 Å². The Labute approximate surface area is 112 Å². The van der Waals surface area contributed by atoms with Crippen molar-refractivity contribution in [3.05, 3.63) is 23.8 Å². The smallest absolute Gasteiger partial charge is 0.267 e. The molecule has 0 bridgehead atoms. The van der Waals surface area contributed by atoms with E-state index in [9.17, 15) is 13.2 Å². The molecule has 0 spiro atoms. The van der Waals surface area contributed by atoms with E-state index in [1.807, 2.05) is 0 Å². The average molecular weight is 284 g/mol. The van der Waals surface area contributed by atoms with E-state index >= 15 is 0 Å². The Morgan fingerprint density at radius 1 is 1.42 bits per heavy atom. The molecule has 1 unspecified atom stereocenters. The number of nitrogens with zero attached hydrogens (tertiary/aromatic N) is 1. The van der Waals surface area contributed by atoms with Crippen molar-refractivity contribution in [2.24, 2.45) is 0 Å². The number of carbonyl (C=O) groups excluding carboxylic acids is 1. The summed E-state index contributed by atoms with van der Waals surface area (Å²) < 4.78 is 30.0. The first-order valence-electron chi connectivity index (χ1n) is 5.80.